The SMILES string of the molecule is CCc1nnc(CCl)n1-c1ccc(C(C)C)cc1. The lowest BCUT2D eigenvalue weighted by Gasteiger charge is -2.10. The van der Waals surface area contributed by atoms with Gasteiger partial charge >= 0.3 is 0 Å². The second-order valence-corrected chi connectivity index (χ2v) is 4.87. The zero-order valence-electron chi connectivity index (χ0n) is 11.0. The number of benzene rings is 1. The molecule has 0 atom stereocenters. The summed E-state index contributed by atoms with van der Waals surface area (Å²) < 4.78 is 2.04. The highest BCUT2D eigenvalue weighted by atomic mass is 35.5. The second-order valence-electron chi connectivity index (χ2n) is 4.60. The van der Waals surface area contributed by atoms with Crippen molar-refractivity contribution in [2.24, 2.45) is 0 Å². The van der Waals surface area contributed by atoms with Crippen molar-refractivity contribution in [1.82, 2.24) is 14.8 Å². The molecule has 0 bridgehead atoms. The summed E-state index contributed by atoms with van der Waals surface area (Å²) in [5.41, 5.74) is 2.41. The number of alkyl halides is 1. The van der Waals surface area contributed by atoms with Crippen LogP contribution in [-0.2, 0) is 12.3 Å². The Labute approximate surface area is 113 Å². The van der Waals surface area contributed by atoms with Crippen molar-refractivity contribution in [3.8, 4) is 5.69 Å². The van der Waals surface area contributed by atoms with Crippen molar-refractivity contribution in [1.29, 1.82) is 0 Å². The lowest BCUT2D eigenvalue weighted by molar-refractivity contribution is 0.851. The molecule has 0 aliphatic carbocycles. The largest absolute Gasteiger partial charge is 0.282 e. The van der Waals surface area contributed by atoms with E-state index in [0.29, 0.717) is 11.8 Å². The van der Waals surface area contributed by atoms with E-state index in [-0.39, 0.29) is 0 Å². The quantitative estimate of drug-likeness (QED) is 0.788. The molecule has 96 valence electrons. The summed E-state index contributed by atoms with van der Waals surface area (Å²) in [5.74, 6) is 2.66. The molecule has 0 aliphatic rings. The highest BCUT2D eigenvalue weighted by molar-refractivity contribution is 6.16. The van der Waals surface area contributed by atoms with Gasteiger partial charge in [0.25, 0.3) is 0 Å². The van der Waals surface area contributed by atoms with Crippen molar-refractivity contribution in [3.63, 3.8) is 0 Å². The lowest BCUT2D eigenvalue weighted by Crippen LogP contribution is -2.04. The Morgan fingerprint density at radius 3 is 2.22 bits per heavy atom. The van der Waals surface area contributed by atoms with Crippen LogP contribution >= 0.6 is 11.6 Å². The highest BCUT2D eigenvalue weighted by Crippen LogP contribution is 2.19. The third-order valence-electron chi connectivity index (χ3n) is 3.05. The Morgan fingerprint density at radius 1 is 1.11 bits per heavy atom. The van der Waals surface area contributed by atoms with Crippen LogP contribution in [0.15, 0.2) is 24.3 Å². The molecule has 0 fully saturated rings. The van der Waals surface area contributed by atoms with Gasteiger partial charge < -0.3 is 0 Å². The van der Waals surface area contributed by atoms with E-state index in [0.717, 1.165) is 23.8 Å². The summed E-state index contributed by atoms with van der Waals surface area (Å²) in [4.78, 5) is 0. The van der Waals surface area contributed by atoms with Gasteiger partial charge in [0.1, 0.15) is 5.82 Å². The van der Waals surface area contributed by atoms with E-state index in [4.69, 9.17) is 11.6 Å². The Bertz CT molecular complexity index is 493. The molecule has 0 saturated heterocycles. The van der Waals surface area contributed by atoms with E-state index in [1.165, 1.54) is 5.56 Å². The Balaban J connectivity index is 2.44. The number of hydrogen-bond donors (Lipinski definition) is 0. The summed E-state index contributed by atoms with van der Waals surface area (Å²) in [6, 6.07) is 8.51. The summed E-state index contributed by atoms with van der Waals surface area (Å²) >= 11 is 5.91. The van der Waals surface area contributed by atoms with Crippen LogP contribution in [0.1, 0.15) is 43.9 Å². The lowest BCUT2D eigenvalue weighted by atomic mass is 10.0. The van der Waals surface area contributed by atoms with Gasteiger partial charge in [-0.15, -0.1) is 21.8 Å². The molecule has 1 aromatic carbocycles. The predicted octanol–water partition coefficient (Wildman–Crippen LogP) is 3.69. The van der Waals surface area contributed by atoms with E-state index in [9.17, 15) is 0 Å². The first-order chi connectivity index (χ1) is 8.67. The van der Waals surface area contributed by atoms with Crippen LogP contribution in [0.25, 0.3) is 5.69 Å². The van der Waals surface area contributed by atoms with Crippen LogP contribution < -0.4 is 0 Å². The fourth-order valence-electron chi connectivity index (χ4n) is 1.98. The van der Waals surface area contributed by atoms with E-state index in [1.54, 1.807) is 0 Å². The predicted molar refractivity (Wildman–Crippen MR) is 74.4 cm³/mol. The van der Waals surface area contributed by atoms with Crippen molar-refractivity contribution < 1.29 is 0 Å². The van der Waals surface area contributed by atoms with Crippen LogP contribution in [0, 0.1) is 0 Å². The molecular formula is C14H18ClN3. The van der Waals surface area contributed by atoms with Crippen LogP contribution in [0.5, 0.6) is 0 Å². The normalized spacial score (nSPS) is 11.2. The van der Waals surface area contributed by atoms with E-state index in [1.807, 2.05) is 4.57 Å². The Hall–Kier alpha value is -1.35. The number of aromatic nitrogens is 3. The molecular weight excluding hydrogens is 246 g/mol. The zero-order valence-corrected chi connectivity index (χ0v) is 11.8. The summed E-state index contributed by atoms with van der Waals surface area (Å²) in [7, 11) is 0. The molecule has 0 aliphatic heterocycles. The molecule has 0 saturated carbocycles. The van der Waals surface area contributed by atoms with Gasteiger partial charge in [-0.05, 0) is 23.6 Å². The topological polar surface area (TPSA) is 30.7 Å². The van der Waals surface area contributed by atoms with Gasteiger partial charge in [-0.3, -0.25) is 4.57 Å². The smallest absolute Gasteiger partial charge is 0.152 e. The maximum Gasteiger partial charge on any atom is 0.152 e. The molecule has 0 amide bonds. The molecule has 3 nitrogen and oxygen atoms in total. The molecule has 4 heteroatoms. The fourth-order valence-corrected chi connectivity index (χ4v) is 2.15. The fraction of sp³-hybridized carbons (Fsp3) is 0.429. The molecule has 18 heavy (non-hydrogen) atoms. The van der Waals surface area contributed by atoms with E-state index in [2.05, 4.69) is 55.2 Å². The minimum atomic E-state index is 0.374. The second kappa shape index (κ2) is 5.53. The monoisotopic (exact) mass is 263 g/mol. The van der Waals surface area contributed by atoms with E-state index >= 15 is 0 Å². The number of halogens is 1. The Morgan fingerprint density at radius 2 is 1.72 bits per heavy atom. The van der Waals surface area contributed by atoms with Gasteiger partial charge in [-0.25, -0.2) is 0 Å². The average molecular weight is 264 g/mol. The van der Waals surface area contributed by atoms with Crippen LogP contribution in [0.4, 0.5) is 0 Å². The first-order valence-electron chi connectivity index (χ1n) is 6.26. The van der Waals surface area contributed by atoms with Gasteiger partial charge in [0.2, 0.25) is 0 Å². The summed E-state index contributed by atoms with van der Waals surface area (Å²) in [6.07, 6.45) is 0.843. The van der Waals surface area contributed by atoms with Gasteiger partial charge in [0.05, 0.1) is 5.88 Å². The zero-order chi connectivity index (χ0) is 13.1. The first kappa shape index (κ1) is 13.1. The van der Waals surface area contributed by atoms with Gasteiger partial charge in [-0.1, -0.05) is 32.9 Å². The number of aryl methyl sites for hydroxylation is 1. The highest BCUT2D eigenvalue weighted by Gasteiger charge is 2.11. The van der Waals surface area contributed by atoms with Gasteiger partial charge in [-0.2, -0.15) is 0 Å². The summed E-state index contributed by atoms with van der Waals surface area (Å²) in [5, 5.41) is 8.29. The van der Waals surface area contributed by atoms with Crippen LogP contribution in [-0.4, -0.2) is 14.8 Å². The van der Waals surface area contributed by atoms with Crippen molar-refractivity contribution >= 4 is 11.6 Å². The molecule has 2 aromatic rings. The summed E-state index contributed by atoms with van der Waals surface area (Å²) in [6.45, 7) is 6.45. The molecule has 0 unspecified atom stereocenters. The van der Waals surface area contributed by atoms with Crippen molar-refractivity contribution in [3.05, 3.63) is 41.5 Å². The van der Waals surface area contributed by atoms with Crippen LogP contribution in [0.3, 0.4) is 0 Å². The average Bonchev–Trinajstić information content (AvgIpc) is 2.81. The van der Waals surface area contributed by atoms with Crippen molar-refractivity contribution in [2.75, 3.05) is 0 Å². The molecule has 2 rings (SSSR count). The minimum Gasteiger partial charge on any atom is -0.282 e. The molecule has 0 radical (unpaired) electrons. The molecule has 0 N–H and O–H groups in total. The third-order valence-corrected chi connectivity index (χ3v) is 3.29. The number of hydrogen-bond acceptors (Lipinski definition) is 2. The molecule has 0 spiro atoms. The van der Waals surface area contributed by atoms with Crippen molar-refractivity contribution in [2.45, 2.75) is 39.0 Å². The van der Waals surface area contributed by atoms with Crippen LogP contribution in [0.2, 0.25) is 0 Å². The first-order valence-corrected chi connectivity index (χ1v) is 6.80. The van der Waals surface area contributed by atoms with E-state index < -0.39 is 0 Å². The molecule has 1 aromatic heterocycles. The number of nitrogens with zero attached hydrogens (tertiary/aromatic N) is 3. The van der Waals surface area contributed by atoms with Gasteiger partial charge in [0.15, 0.2) is 5.82 Å². The van der Waals surface area contributed by atoms with Gasteiger partial charge in [0, 0.05) is 12.1 Å². The molecule has 1 heterocycles. The number of rotatable bonds is 4. The third kappa shape index (κ3) is 2.41. The maximum absolute atomic E-state index is 5.91. The minimum absolute atomic E-state index is 0.374. The Kier molecular flexibility index (Phi) is 4.02. The standard InChI is InChI=1S/C14H18ClN3/c1-4-13-16-17-14(9-15)18(13)12-7-5-11(6-8-12)10(2)3/h5-8,10H,4,9H2,1-3H3. The maximum atomic E-state index is 5.91.